The van der Waals surface area contributed by atoms with Gasteiger partial charge in [0.1, 0.15) is 6.61 Å². The van der Waals surface area contributed by atoms with Crippen molar-refractivity contribution in [2.24, 2.45) is 5.73 Å². The van der Waals surface area contributed by atoms with Gasteiger partial charge in [-0.15, -0.1) is 0 Å². The minimum atomic E-state index is -4.36. The summed E-state index contributed by atoms with van der Waals surface area (Å²) < 4.78 is 32.6. The molecule has 0 aliphatic rings. The van der Waals surface area contributed by atoms with E-state index in [1.54, 1.807) is 0 Å². The van der Waals surface area contributed by atoms with Crippen LogP contribution >= 0.6 is 7.82 Å². The molecule has 2 atom stereocenters. The fourth-order valence-corrected chi connectivity index (χ4v) is 6.04. The zero-order valence-corrected chi connectivity index (χ0v) is 31.2. The van der Waals surface area contributed by atoms with Crippen molar-refractivity contribution in [2.75, 3.05) is 26.4 Å². The maximum Gasteiger partial charge on any atom is 0.472 e. The molecule has 0 aromatic rings. The van der Waals surface area contributed by atoms with Crippen molar-refractivity contribution in [3.8, 4) is 0 Å². The highest BCUT2D eigenvalue weighted by Gasteiger charge is 2.25. The SMILES string of the molecule is CCCCCC/C=C/CCCCCCCCCC(=O)OC[C@H](COP(=O)(O)OCCN)OC(=O)CCCCCCCCCCCCC. The van der Waals surface area contributed by atoms with Crippen molar-refractivity contribution in [1.82, 2.24) is 0 Å². The molecular formula is C37H72NO8P. The molecule has 278 valence electrons. The molecule has 0 aliphatic heterocycles. The Kier molecular flexibility index (Phi) is 33.7. The molecule has 0 spiro atoms. The summed E-state index contributed by atoms with van der Waals surface area (Å²) >= 11 is 0. The summed E-state index contributed by atoms with van der Waals surface area (Å²) in [4.78, 5) is 34.7. The van der Waals surface area contributed by atoms with Crippen LogP contribution in [0.3, 0.4) is 0 Å². The molecule has 0 bridgehead atoms. The fraction of sp³-hybridized carbons (Fsp3) is 0.892. The zero-order valence-electron chi connectivity index (χ0n) is 30.3. The van der Waals surface area contributed by atoms with Crippen LogP contribution in [0.5, 0.6) is 0 Å². The van der Waals surface area contributed by atoms with E-state index in [1.165, 1.54) is 103 Å². The number of ether oxygens (including phenoxy) is 2. The van der Waals surface area contributed by atoms with Crippen molar-refractivity contribution < 1.29 is 37.6 Å². The highest BCUT2D eigenvalue weighted by molar-refractivity contribution is 7.47. The second kappa shape index (κ2) is 34.6. The normalized spacial score (nSPS) is 13.5. The molecule has 0 rings (SSSR count). The Morgan fingerprint density at radius 2 is 1.04 bits per heavy atom. The summed E-state index contributed by atoms with van der Waals surface area (Å²) in [6.07, 6.45) is 32.4. The molecule has 0 saturated heterocycles. The highest BCUT2D eigenvalue weighted by atomic mass is 31.2. The highest BCUT2D eigenvalue weighted by Crippen LogP contribution is 2.43. The predicted molar refractivity (Wildman–Crippen MR) is 192 cm³/mol. The van der Waals surface area contributed by atoms with Gasteiger partial charge in [0.2, 0.25) is 0 Å². The maximum absolute atomic E-state index is 12.5. The van der Waals surface area contributed by atoms with Gasteiger partial charge in [0.05, 0.1) is 13.2 Å². The van der Waals surface area contributed by atoms with Crippen LogP contribution in [0, 0.1) is 0 Å². The van der Waals surface area contributed by atoms with E-state index in [0.29, 0.717) is 6.42 Å². The molecule has 0 aromatic carbocycles. The average molecular weight is 690 g/mol. The number of unbranched alkanes of at least 4 members (excludes halogenated alkanes) is 21. The molecule has 0 saturated carbocycles. The number of rotatable bonds is 36. The number of esters is 2. The van der Waals surface area contributed by atoms with Crippen molar-refractivity contribution in [1.29, 1.82) is 0 Å². The van der Waals surface area contributed by atoms with Crippen molar-refractivity contribution in [3.63, 3.8) is 0 Å². The number of allylic oxidation sites excluding steroid dienone is 2. The second-order valence-electron chi connectivity index (χ2n) is 12.8. The Balaban J connectivity index is 4.19. The first-order valence-electron chi connectivity index (χ1n) is 19.2. The van der Waals surface area contributed by atoms with Crippen LogP contribution in [0.2, 0.25) is 0 Å². The van der Waals surface area contributed by atoms with Gasteiger partial charge in [-0.25, -0.2) is 4.57 Å². The third-order valence-electron chi connectivity index (χ3n) is 8.15. The number of nitrogens with two attached hydrogens (primary N) is 1. The van der Waals surface area contributed by atoms with Gasteiger partial charge < -0.3 is 20.1 Å². The van der Waals surface area contributed by atoms with Gasteiger partial charge >= 0.3 is 19.8 Å². The van der Waals surface area contributed by atoms with Crippen LogP contribution in [0.15, 0.2) is 12.2 Å². The lowest BCUT2D eigenvalue weighted by atomic mass is 10.1. The molecule has 1 unspecified atom stereocenters. The third kappa shape index (κ3) is 34.4. The van der Waals surface area contributed by atoms with Gasteiger partial charge in [-0.2, -0.15) is 0 Å². The van der Waals surface area contributed by atoms with Gasteiger partial charge in [-0.1, -0.05) is 142 Å². The Labute approximate surface area is 288 Å². The number of hydrogen-bond acceptors (Lipinski definition) is 8. The number of phosphoric ester groups is 1. The molecule has 0 fully saturated rings. The Hall–Kier alpha value is -1.25. The molecule has 0 heterocycles. The first kappa shape index (κ1) is 45.8. The van der Waals surface area contributed by atoms with E-state index in [9.17, 15) is 19.0 Å². The number of phosphoric acid groups is 1. The number of carbonyl (C=O) groups is 2. The first-order chi connectivity index (χ1) is 22.8. The summed E-state index contributed by atoms with van der Waals surface area (Å²) in [6.45, 7) is 3.71. The van der Waals surface area contributed by atoms with Crippen LogP contribution in [-0.4, -0.2) is 49.3 Å². The summed E-state index contributed by atoms with van der Waals surface area (Å²) in [5.74, 6) is -0.830. The molecule has 10 heteroatoms. The van der Waals surface area contributed by atoms with E-state index >= 15 is 0 Å². The Morgan fingerprint density at radius 1 is 0.617 bits per heavy atom. The minimum Gasteiger partial charge on any atom is -0.462 e. The van der Waals surface area contributed by atoms with E-state index in [-0.39, 0.29) is 38.6 Å². The maximum atomic E-state index is 12.5. The summed E-state index contributed by atoms with van der Waals surface area (Å²) in [7, 11) is -4.36. The zero-order chi connectivity index (χ0) is 34.7. The lowest BCUT2D eigenvalue weighted by molar-refractivity contribution is -0.161. The minimum absolute atomic E-state index is 0.0554. The van der Waals surface area contributed by atoms with Crippen molar-refractivity contribution in [2.45, 2.75) is 187 Å². The summed E-state index contributed by atoms with van der Waals surface area (Å²) in [5, 5.41) is 0. The molecule has 0 radical (unpaired) electrons. The molecular weight excluding hydrogens is 617 g/mol. The first-order valence-corrected chi connectivity index (χ1v) is 20.7. The Bertz CT molecular complexity index is 794. The van der Waals surface area contributed by atoms with E-state index in [1.807, 2.05) is 0 Å². The number of hydrogen-bond donors (Lipinski definition) is 2. The Morgan fingerprint density at radius 3 is 1.53 bits per heavy atom. The lowest BCUT2D eigenvalue weighted by Gasteiger charge is -2.19. The number of carbonyl (C=O) groups excluding carboxylic acids is 2. The van der Waals surface area contributed by atoms with Crippen molar-refractivity contribution in [3.05, 3.63) is 12.2 Å². The van der Waals surface area contributed by atoms with E-state index < -0.39 is 26.5 Å². The smallest absolute Gasteiger partial charge is 0.462 e. The van der Waals surface area contributed by atoms with Gasteiger partial charge in [-0.3, -0.25) is 18.6 Å². The standard InChI is InChI=1S/C37H72NO8P/c1-3-5-7-9-11-13-15-16-17-18-20-21-23-25-27-29-36(39)43-33-35(34-45-47(41,42)44-32-31-38)46-37(40)30-28-26-24-22-19-14-12-10-8-6-4-2/h13,15,35H,3-12,14,16-34,38H2,1-2H3,(H,41,42)/b15-13+/t35-/m1/s1. The average Bonchev–Trinajstić information content (AvgIpc) is 3.05. The van der Waals surface area contributed by atoms with E-state index in [4.69, 9.17) is 24.3 Å². The monoisotopic (exact) mass is 689 g/mol. The van der Waals surface area contributed by atoms with Gasteiger partial charge in [-0.05, 0) is 38.5 Å². The van der Waals surface area contributed by atoms with E-state index in [0.717, 1.165) is 44.9 Å². The molecule has 9 nitrogen and oxygen atoms in total. The second-order valence-corrected chi connectivity index (χ2v) is 14.3. The fourth-order valence-electron chi connectivity index (χ4n) is 5.28. The van der Waals surface area contributed by atoms with Crippen LogP contribution in [0.4, 0.5) is 0 Å². The molecule has 3 N–H and O–H groups in total. The predicted octanol–water partition coefficient (Wildman–Crippen LogP) is 10.3. The molecule has 47 heavy (non-hydrogen) atoms. The van der Waals surface area contributed by atoms with E-state index in [2.05, 4.69) is 26.0 Å². The molecule has 0 amide bonds. The molecule has 0 aromatic heterocycles. The van der Waals surface area contributed by atoms with Crippen LogP contribution < -0.4 is 5.73 Å². The van der Waals surface area contributed by atoms with Gasteiger partial charge in [0.15, 0.2) is 6.10 Å². The summed E-state index contributed by atoms with van der Waals surface area (Å²) in [6, 6.07) is 0. The largest absolute Gasteiger partial charge is 0.472 e. The molecule has 0 aliphatic carbocycles. The van der Waals surface area contributed by atoms with Crippen LogP contribution in [0.25, 0.3) is 0 Å². The summed E-state index contributed by atoms with van der Waals surface area (Å²) in [5.41, 5.74) is 5.33. The topological polar surface area (TPSA) is 134 Å². The third-order valence-corrected chi connectivity index (χ3v) is 9.14. The van der Waals surface area contributed by atoms with Gasteiger partial charge in [0.25, 0.3) is 0 Å². The lowest BCUT2D eigenvalue weighted by Crippen LogP contribution is -2.29. The van der Waals surface area contributed by atoms with Crippen LogP contribution in [0.1, 0.15) is 181 Å². The van der Waals surface area contributed by atoms with Crippen molar-refractivity contribution >= 4 is 19.8 Å². The quantitative estimate of drug-likeness (QED) is 0.0285. The van der Waals surface area contributed by atoms with Gasteiger partial charge in [0, 0.05) is 19.4 Å². The van der Waals surface area contributed by atoms with Crippen LogP contribution in [-0.2, 0) is 32.7 Å².